The number of hydrogen-bond acceptors (Lipinski definition) is 2. The zero-order chi connectivity index (χ0) is 10.7. The molecule has 1 amide bonds. The van der Waals surface area contributed by atoms with Crippen molar-refractivity contribution in [2.24, 2.45) is 0 Å². The van der Waals surface area contributed by atoms with Crippen LogP contribution in [0.25, 0.3) is 0 Å². The van der Waals surface area contributed by atoms with Crippen LogP contribution in [0.1, 0.15) is 28.9 Å². The Morgan fingerprint density at radius 1 is 1.43 bits per heavy atom. The summed E-state index contributed by atoms with van der Waals surface area (Å²) in [6, 6.07) is 7.04. The molecule has 0 bridgehead atoms. The van der Waals surface area contributed by atoms with Gasteiger partial charge in [0, 0.05) is 19.7 Å². The molecular weight excluding hydrogens is 178 g/mol. The van der Waals surface area contributed by atoms with E-state index in [9.17, 15) is 9.90 Å². The standard InChI is InChI=1S/C11H15NO2/c1-8(13)9-5-4-6-10(7-9)11(14)12(2)3/h4-8,13H,1-3H3/t8-/m0/s1. The first-order valence-corrected chi connectivity index (χ1v) is 4.52. The lowest BCUT2D eigenvalue weighted by Gasteiger charge is -2.11. The first kappa shape index (κ1) is 10.7. The number of carbonyl (C=O) groups is 1. The topological polar surface area (TPSA) is 40.5 Å². The van der Waals surface area contributed by atoms with Crippen molar-refractivity contribution < 1.29 is 9.90 Å². The number of benzene rings is 1. The summed E-state index contributed by atoms with van der Waals surface area (Å²) in [5.74, 6) is -0.0486. The second-order valence-corrected chi connectivity index (χ2v) is 3.50. The fourth-order valence-electron chi connectivity index (χ4n) is 1.19. The summed E-state index contributed by atoms with van der Waals surface area (Å²) < 4.78 is 0. The molecule has 0 spiro atoms. The molecular formula is C11H15NO2. The first-order valence-electron chi connectivity index (χ1n) is 4.52. The lowest BCUT2D eigenvalue weighted by Crippen LogP contribution is -2.21. The van der Waals surface area contributed by atoms with Gasteiger partial charge in [-0.2, -0.15) is 0 Å². The van der Waals surface area contributed by atoms with Crippen LogP contribution in [-0.4, -0.2) is 30.0 Å². The molecule has 0 heterocycles. The summed E-state index contributed by atoms with van der Waals surface area (Å²) in [5.41, 5.74) is 1.37. The fourth-order valence-corrected chi connectivity index (χ4v) is 1.19. The van der Waals surface area contributed by atoms with Crippen LogP contribution in [0.15, 0.2) is 24.3 Å². The Bertz CT molecular complexity index is 332. The van der Waals surface area contributed by atoms with Crippen LogP contribution in [0.5, 0.6) is 0 Å². The maximum Gasteiger partial charge on any atom is 0.253 e. The van der Waals surface area contributed by atoms with Crippen LogP contribution in [0.2, 0.25) is 0 Å². The maximum absolute atomic E-state index is 11.6. The number of aliphatic hydroxyl groups excluding tert-OH is 1. The zero-order valence-corrected chi connectivity index (χ0v) is 8.69. The van der Waals surface area contributed by atoms with Gasteiger partial charge < -0.3 is 10.0 Å². The van der Waals surface area contributed by atoms with Crippen LogP contribution < -0.4 is 0 Å². The van der Waals surface area contributed by atoms with E-state index in [0.29, 0.717) is 5.56 Å². The molecule has 0 aliphatic carbocycles. The predicted molar refractivity (Wildman–Crippen MR) is 55.1 cm³/mol. The fraction of sp³-hybridized carbons (Fsp3) is 0.364. The van der Waals surface area contributed by atoms with E-state index in [-0.39, 0.29) is 5.91 Å². The molecule has 0 unspecified atom stereocenters. The van der Waals surface area contributed by atoms with Gasteiger partial charge in [-0.25, -0.2) is 0 Å². The molecule has 1 rings (SSSR count). The SMILES string of the molecule is C[C@H](O)c1cccc(C(=O)N(C)C)c1. The molecule has 1 aromatic rings. The summed E-state index contributed by atoms with van der Waals surface area (Å²) in [7, 11) is 3.41. The summed E-state index contributed by atoms with van der Waals surface area (Å²) in [5, 5.41) is 9.34. The smallest absolute Gasteiger partial charge is 0.253 e. The summed E-state index contributed by atoms with van der Waals surface area (Å²) >= 11 is 0. The Morgan fingerprint density at radius 2 is 2.07 bits per heavy atom. The van der Waals surface area contributed by atoms with Crippen molar-refractivity contribution in [3.8, 4) is 0 Å². The van der Waals surface area contributed by atoms with Gasteiger partial charge in [0.1, 0.15) is 0 Å². The summed E-state index contributed by atoms with van der Waals surface area (Å²) in [6.07, 6.45) is -0.537. The van der Waals surface area contributed by atoms with E-state index < -0.39 is 6.10 Å². The summed E-state index contributed by atoms with van der Waals surface area (Å²) in [4.78, 5) is 13.1. The van der Waals surface area contributed by atoms with Gasteiger partial charge in [-0.15, -0.1) is 0 Å². The number of amides is 1. The molecule has 76 valence electrons. The van der Waals surface area contributed by atoms with Crippen molar-refractivity contribution in [1.82, 2.24) is 4.90 Å². The van der Waals surface area contributed by atoms with E-state index in [1.807, 2.05) is 0 Å². The van der Waals surface area contributed by atoms with Gasteiger partial charge in [-0.1, -0.05) is 12.1 Å². The highest BCUT2D eigenvalue weighted by Crippen LogP contribution is 2.14. The van der Waals surface area contributed by atoms with Crippen LogP contribution >= 0.6 is 0 Å². The van der Waals surface area contributed by atoms with Crippen molar-refractivity contribution in [2.75, 3.05) is 14.1 Å². The molecule has 1 atom stereocenters. The molecule has 1 aromatic carbocycles. The van der Waals surface area contributed by atoms with E-state index in [4.69, 9.17) is 0 Å². The van der Waals surface area contributed by atoms with E-state index in [0.717, 1.165) is 5.56 Å². The monoisotopic (exact) mass is 193 g/mol. The van der Waals surface area contributed by atoms with Crippen molar-refractivity contribution in [3.05, 3.63) is 35.4 Å². The Labute approximate surface area is 84.0 Å². The van der Waals surface area contributed by atoms with Crippen LogP contribution in [0, 0.1) is 0 Å². The maximum atomic E-state index is 11.6. The number of aliphatic hydroxyl groups is 1. The predicted octanol–water partition coefficient (Wildman–Crippen LogP) is 1.44. The van der Waals surface area contributed by atoms with Gasteiger partial charge in [0.25, 0.3) is 5.91 Å². The Balaban J connectivity index is 3.00. The second-order valence-electron chi connectivity index (χ2n) is 3.50. The molecule has 0 saturated carbocycles. The minimum absolute atomic E-state index is 0.0486. The van der Waals surface area contributed by atoms with Gasteiger partial charge in [0.2, 0.25) is 0 Å². The highest BCUT2D eigenvalue weighted by atomic mass is 16.3. The first-order chi connectivity index (χ1) is 6.52. The quantitative estimate of drug-likeness (QED) is 0.772. The number of nitrogens with zero attached hydrogens (tertiary/aromatic N) is 1. The third-order valence-corrected chi connectivity index (χ3v) is 2.02. The van der Waals surface area contributed by atoms with Crippen molar-refractivity contribution in [2.45, 2.75) is 13.0 Å². The molecule has 0 fully saturated rings. The number of hydrogen-bond donors (Lipinski definition) is 1. The van der Waals surface area contributed by atoms with Gasteiger partial charge in [-0.05, 0) is 24.6 Å². The van der Waals surface area contributed by atoms with Crippen molar-refractivity contribution >= 4 is 5.91 Å². The average Bonchev–Trinajstić information content (AvgIpc) is 2.16. The van der Waals surface area contributed by atoms with Crippen molar-refractivity contribution in [3.63, 3.8) is 0 Å². The molecule has 0 aliphatic rings. The van der Waals surface area contributed by atoms with E-state index >= 15 is 0 Å². The third-order valence-electron chi connectivity index (χ3n) is 2.02. The molecule has 1 N–H and O–H groups in total. The molecule has 3 heteroatoms. The molecule has 0 aliphatic heterocycles. The molecule has 0 radical (unpaired) electrons. The van der Waals surface area contributed by atoms with Gasteiger partial charge in [0.15, 0.2) is 0 Å². The lowest BCUT2D eigenvalue weighted by atomic mass is 10.1. The van der Waals surface area contributed by atoms with E-state index in [1.54, 1.807) is 45.3 Å². The average molecular weight is 193 g/mol. The third kappa shape index (κ3) is 2.33. The molecule has 0 aromatic heterocycles. The largest absolute Gasteiger partial charge is 0.389 e. The minimum atomic E-state index is -0.537. The molecule has 0 saturated heterocycles. The van der Waals surface area contributed by atoms with Crippen LogP contribution in [0.4, 0.5) is 0 Å². The zero-order valence-electron chi connectivity index (χ0n) is 8.69. The highest BCUT2D eigenvalue weighted by Gasteiger charge is 2.09. The van der Waals surface area contributed by atoms with Crippen LogP contribution in [-0.2, 0) is 0 Å². The normalized spacial score (nSPS) is 12.3. The van der Waals surface area contributed by atoms with Gasteiger partial charge >= 0.3 is 0 Å². The molecule has 14 heavy (non-hydrogen) atoms. The Morgan fingerprint density at radius 3 is 2.57 bits per heavy atom. The molecule has 3 nitrogen and oxygen atoms in total. The Hall–Kier alpha value is -1.35. The Kier molecular flexibility index (Phi) is 3.25. The van der Waals surface area contributed by atoms with E-state index in [2.05, 4.69) is 0 Å². The summed E-state index contributed by atoms with van der Waals surface area (Å²) in [6.45, 7) is 1.68. The minimum Gasteiger partial charge on any atom is -0.389 e. The van der Waals surface area contributed by atoms with Gasteiger partial charge in [0.05, 0.1) is 6.10 Å². The van der Waals surface area contributed by atoms with Crippen molar-refractivity contribution in [1.29, 1.82) is 0 Å². The van der Waals surface area contributed by atoms with Gasteiger partial charge in [-0.3, -0.25) is 4.79 Å². The number of carbonyl (C=O) groups excluding carboxylic acids is 1. The van der Waals surface area contributed by atoms with Crippen LogP contribution in [0.3, 0.4) is 0 Å². The second kappa shape index (κ2) is 4.24. The highest BCUT2D eigenvalue weighted by molar-refractivity contribution is 5.94. The van der Waals surface area contributed by atoms with E-state index in [1.165, 1.54) is 4.90 Å². The lowest BCUT2D eigenvalue weighted by molar-refractivity contribution is 0.0827. The number of rotatable bonds is 2.